The minimum atomic E-state index is -3.48. The third kappa shape index (κ3) is 4.89. The summed E-state index contributed by atoms with van der Waals surface area (Å²) in [5.74, 6) is -0.0838. The Balaban J connectivity index is 1.57. The molecule has 0 unspecified atom stereocenters. The van der Waals surface area contributed by atoms with E-state index in [0.29, 0.717) is 44.0 Å². The fourth-order valence-electron chi connectivity index (χ4n) is 3.95. The standard InChI is InChI=1S/C20H30N2O4S/c1-26-14-4-11-21-20(23)17-9-12-22(13-10-17)27(24,25)19-8-7-16-5-2-3-6-18(16)15-19/h7-8,15,17H,2-6,9-14H2,1H3,(H,21,23). The second kappa shape index (κ2) is 9.17. The molecule has 0 saturated carbocycles. The summed E-state index contributed by atoms with van der Waals surface area (Å²) in [4.78, 5) is 12.6. The van der Waals surface area contributed by atoms with Gasteiger partial charge in [-0.25, -0.2) is 8.42 Å². The minimum Gasteiger partial charge on any atom is -0.385 e. The number of carbonyl (C=O) groups is 1. The number of sulfonamides is 1. The zero-order chi connectivity index (χ0) is 19.3. The second-order valence-electron chi connectivity index (χ2n) is 7.45. The molecule has 0 radical (unpaired) electrons. The van der Waals surface area contributed by atoms with Crippen molar-refractivity contribution in [3.05, 3.63) is 29.3 Å². The molecule has 1 fully saturated rings. The maximum atomic E-state index is 13.0. The smallest absolute Gasteiger partial charge is 0.243 e. The number of carbonyl (C=O) groups excluding carboxylic acids is 1. The molecule has 27 heavy (non-hydrogen) atoms. The van der Waals surface area contributed by atoms with Crippen molar-refractivity contribution >= 4 is 15.9 Å². The number of rotatable bonds is 7. The lowest BCUT2D eigenvalue weighted by Gasteiger charge is -2.31. The summed E-state index contributed by atoms with van der Waals surface area (Å²) in [6, 6.07) is 5.58. The molecule has 150 valence electrons. The Bertz CT molecular complexity index is 755. The summed E-state index contributed by atoms with van der Waals surface area (Å²) in [6.45, 7) is 2.02. The molecule has 0 spiro atoms. The highest BCUT2D eigenvalue weighted by Gasteiger charge is 2.32. The molecule has 1 aliphatic carbocycles. The highest BCUT2D eigenvalue weighted by Crippen LogP contribution is 2.28. The van der Waals surface area contributed by atoms with E-state index in [-0.39, 0.29) is 11.8 Å². The summed E-state index contributed by atoms with van der Waals surface area (Å²) >= 11 is 0. The molecule has 0 aromatic heterocycles. The summed E-state index contributed by atoms with van der Waals surface area (Å²) in [5.41, 5.74) is 2.46. The largest absolute Gasteiger partial charge is 0.385 e. The topological polar surface area (TPSA) is 75.7 Å². The van der Waals surface area contributed by atoms with Crippen molar-refractivity contribution in [1.82, 2.24) is 9.62 Å². The molecule has 0 atom stereocenters. The van der Waals surface area contributed by atoms with Crippen molar-refractivity contribution in [2.75, 3.05) is 33.4 Å². The number of fused-ring (bicyclic) bond motifs is 1. The SMILES string of the molecule is COCCCNC(=O)C1CCN(S(=O)(=O)c2ccc3c(c2)CCCC3)CC1. The quantitative estimate of drug-likeness (QED) is 0.719. The Kier molecular flexibility index (Phi) is 6.89. The van der Waals surface area contributed by atoms with Crippen LogP contribution in [0.15, 0.2) is 23.1 Å². The van der Waals surface area contributed by atoms with Gasteiger partial charge in [0, 0.05) is 39.3 Å². The van der Waals surface area contributed by atoms with Gasteiger partial charge in [0.2, 0.25) is 15.9 Å². The van der Waals surface area contributed by atoms with Gasteiger partial charge >= 0.3 is 0 Å². The number of hydrogen-bond donors (Lipinski definition) is 1. The first-order valence-electron chi connectivity index (χ1n) is 9.91. The lowest BCUT2D eigenvalue weighted by molar-refractivity contribution is -0.126. The predicted octanol–water partition coefficient (Wildman–Crippen LogP) is 2.12. The van der Waals surface area contributed by atoms with Crippen LogP contribution in [0.25, 0.3) is 0 Å². The van der Waals surface area contributed by atoms with Crippen molar-refractivity contribution in [3.8, 4) is 0 Å². The number of piperidine rings is 1. The van der Waals surface area contributed by atoms with Gasteiger partial charge in [-0.1, -0.05) is 6.07 Å². The number of amides is 1. The molecule has 1 aliphatic heterocycles. The van der Waals surface area contributed by atoms with Gasteiger partial charge in [-0.2, -0.15) is 4.31 Å². The molecule has 1 N–H and O–H groups in total. The third-order valence-electron chi connectivity index (χ3n) is 5.61. The number of benzene rings is 1. The van der Waals surface area contributed by atoms with Gasteiger partial charge < -0.3 is 10.1 Å². The van der Waals surface area contributed by atoms with Gasteiger partial charge in [-0.15, -0.1) is 0 Å². The number of nitrogens with zero attached hydrogens (tertiary/aromatic N) is 1. The molecule has 1 saturated heterocycles. The first-order chi connectivity index (χ1) is 13.0. The Morgan fingerprint density at radius 3 is 2.59 bits per heavy atom. The Morgan fingerprint density at radius 1 is 1.19 bits per heavy atom. The van der Waals surface area contributed by atoms with Crippen LogP contribution in [0.2, 0.25) is 0 Å². The van der Waals surface area contributed by atoms with E-state index in [0.717, 1.165) is 25.7 Å². The molecule has 3 rings (SSSR count). The monoisotopic (exact) mass is 394 g/mol. The van der Waals surface area contributed by atoms with Gasteiger partial charge in [0.05, 0.1) is 4.90 Å². The van der Waals surface area contributed by atoms with E-state index in [4.69, 9.17) is 4.74 Å². The summed E-state index contributed by atoms with van der Waals surface area (Å²) in [7, 11) is -1.84. The third-order valence-corrected chi connectivity index (χ3v) is 7.50. The summed E-state index contributed by atoms with van der Waals surface area (Å²) < 4.78 is 32.5. The molecule has 0 bridgehead atoms. The highest BCUT2D eigenvalue weighted by molar-refractivity contribution is 7.89. The van der Waals surface area contributed by atoms with Crippen LogP contribution in [-0.4, -0.2) is 52.0 Å². The van der Waals surface area contributed by atoms with Crippen LogP contribution in [0.5, 0.6) is 0 Å². The number of aryl methyl sites for hydroxylation is 2. The Hall–Kier alpha value is -1.44. The van der Waals surface area contributed by atoms with Crippen molar-refractivity contribution in [2.24, 2.45) is 5.92 Å². The van der Waals surface area contributed by atoms with Crippen molar-refractivity contribution in [1.29, 1.82) is 0 Å². The normalized spacial score (nSPS) is 18.9. The number of methoxy groups -OCH3 is 1. The molecule has 6 nitrogen and oxygen atoms in total. The fraction of sp³-hybridized carbons (Fsp3) is 0.650. The van der Waals surface area contributed by atoms with Crippen LogP contribution in [0, 0.1) is 5.92 Å². The van der Waals surface area contributed by atoms with E-state index < -0.39 is 10.0 Å². The van der Waals surface area contributed by atoms with Gasteiger partial charge in [-0.05, 0) is 68.2 Å². The molecular weight excluding hydrogens is 364 g/mol. The first kappa shape index (κ1) is 20.3. The van der Waals surface area contributed by atoms with Crippen molar-refractivity contribution in [3.63, 3.8) is 0 Å². The Morgan fingerprint density at radius 2 is 1.89 bits per heavy atom. The molecule has 7 heteroatoms. The molecule has 2 aliphatic rings. The number of nitrogens with one attached hydrogen (secondary N) is 1. The van der Waals surface area contributed by atoms with Gasteiger partial charge in [0.1, 0.15) is 0 Å². The zero-order valence-corrected chi connectivity index (χ0v) is 16.9. The van der Waals surface area contributed by atoms with Crippen molar-refractivity contribution < 1.29 is 17.9 Å². The van der Waals surface area contributed by atoms with Gasteiger partial charge in [0.15, 0.2) is 0 Å². The summed E-state index contributed by atoms with van der Waals surface area (Å²) in [5, 5.41) is 2.92. The van der Waals surface area contributed by atoms with E-state index in [1.807, 2.05) is 12.1 Å². The highest BCUT2D eigenvalue weighted by atomic mass is 32.2. The van der Waals surface area contributed by atoms with Gasteiger partial charge in [-0.3, -0.25) is 4.79 Å². The number of hydrogen-bond acceptors (Lipinski definition) is 4. The number of ether oxygens (including phenoxy) is 1. The van der Waals surface area contributed by atoms with E-state index in [2.05, 4.69) is 5.32 Å². The fourth-order valence-corrected chi connectivity index (χ4v) is 5.47. The van der Waals surface area contributed by atoms with Gasteiger partial charge in [0.25, 0.3) is 0 Å². The minimum absolute atomic E-state index is 0.0249. The maximum Gasteiger partial charge on any atom is 0.243 e. The van der Waals surface area contributed by atoms with Crippen LogP contribution >= 0.6 is 0 Å². The summed E-state index contributed by atoms with van der Waals surface area (Å²) in [6.07, 6.45) is 6.24. The van der Waals surface area contributed by atoms with E-state index >= 15 is 0 Å². The second-order valence-corrected chi connectivity index (χ2v) is 9.39. The maximum absolute atomic E-state index is 13.0. The predicted molar refractivity (Wildman–Crippen MR) is 104 cm³/mol. The van der Waals surface area contributed by atoms with Crippen molar-refractivity contribution in [2.45, 2.75) is 49.8 Å². The zero-order valence-electron chi connectivity index (χ0n) is 16.1. The molecular formula is C20H30N2O4S. The average molecular weight is 395 g/mol. The van der Waals surface area contributed by atoms with E-state index in [9.17, 15) is 13.2 Å². The van der Waals surface area contributed by atoms with E-state index in [1.165, 1.54) is 21.9 Å². The molecule has 1 heterocycles. The Labute approximate surface area is 162 Å². The van der Waals surface area contributed by atoms with Crippen LogP contribution in [0.4, 0.5) is 0 Å². The van der Waals surface area contributed by atoms with Crippen LogP contribution in [0.1, 0.15) is 43.2 Å². The van der Waals surface area contributed by atoms with Crippen LogP contribution in [0.3, 0.4) is 0 Å². The van der Waals surface area contributed by atoms with Crippen LogP contribution in [-0.2, 0) is 32.4 Å². The molecule has 1 aromatic rings. The average Bonchev–Trinajstić information content (AvgIpc) is 2.70. The molecule has 1 amide bonds. The van der Waals surface area contributed by atoms with Crippen LogP contribution < -0.4 is 5.32 Å². The van der Waals surface area contributed by atoms with E-state index in [1.54, 1.807) is 13.2 Å². The lowest BCUT2D eigenvalue weighted by atomic mass is 9.92. The first-order valence-corrected chi connectivity index (χ1v) is 11.3. The lowest BCUT2D eigenvalue weighted by Crippen LogP contribution is -2.43. The molecule has 1 aromatic carbocycles.